The van der Waals surface area contributed by atoms with Gasteiger partial charge in [0.1, 0.15) is 0 Å². The van der Waals surface area contributed by atoms with Crippen molar-refractivity contribution in [3.05, 3.63) is 47.8 Å². The molecule has 1 fully saturated rings. The lowest BCUT2D eigenvalue weighted by Gasteiger charge is -2.27. The highest BCUT2D eigenvalue weighted by molar-refractivity contribution is 5.94. The monoisotopic (exact) mass is 349 g/mol. The zero-order valence-corrected chi connectivity index (χ0v) is 14.7. The minimum absolute atomic E-state index is 0. The molecular weight excluding hydrogens is 326 g/mol. The lowest BCUT2D eigenvalue weighted by molar-refractivity contribution is 0.0947. The number of hydrogen-bond acceptors (Lipinski definition) is 4. The van der Waals surface area contributed by atoms with E-state index in [9.17, 15) is 4.79 Å². The van der Waals surface area contributed by atoms with E-state index in [1.165, 1.54) is 0 Å². The Balaban J connectivity index is 0.00000208. The van der Waals surface area contributed by atoms with Gasteiger partial charge in [-0.05, 0) is 36.8 Å². The molecule has 2 aromatic rings. The Labute approximate surface area is 148 Å². The molecule has 1 aromatic heterocycles. The standard InChI is InChI=1S/C17H23N5O.ClH/c1-14-12-20-22(13-14)16-4-2-15(3-5-16)17(23)19-8-11-21-9-6-18-7-10-21;/h2-5,12-13,18H,6-11H2,1H3,(H,19,23);1H. The van der Waals surface area contributed by atoms with E-state index in [0.717, 1.165) is 44.0 Å². The Morgan fingerprint density at radius 1 is 1.25 bits per heavy atom. The van der Waals surface area contributed by atoms with E-state index in [1.807, 2.05) is 43.6 Å². The van der Waals surface area contributed by atoms with Gasteiger partial charge in [-0.1, -0.05) is 0 Å². The van der Waals surface area contributed by atoms with Gasteiger partial charge in [0, 0.05) is 51.0 Å². The minimum atomic E-state index is -0.0247. The molecule has 1 aliphatic heterocycles. The Bertz CT molecular complexity index is 649. The average molecular weight is 350 g/mol. The summed E-state index contributed by atoms with van der Waals surface area (Å²) in [5, 5.41) is 10.6. The molecule has 1 amide bonds. The van der Waals surface area contributed by atoms with Crippen LogP contribution in [0.15, 0.2) is 36.7 Å². The number of carbonyl (C=O) groups excluding carboxylic acids is 1. The van der Waals surface area contributed by atoms with Crippen LogP contribution >= 0.6 is 12.4 Å². The van der Waals surface area contributed by atoms with Crippen molar-refractivity contribution in [1.29, 1.82) is 0 Å². The first-order chi connectivity index (χ1) is 11.2. The highest BCUT2D eigenvalue weighted by atomic mass is 35.5. The fraction of sp³-hybridized carbons (Fsp3) is 0.412. The molecule has 1 aromatic carbocycles. The first kappa shape index (κ1) is 18.4. The zero-order chi connectivity index (χ0) is 16.1. The molecular formula is C17H24ClN5O. The first-order valence-corrected chi connectivity index (χ1v) is 8.05. The highest BCUT2D eigenvalue weighted by Crippen LogP contribution is 2.10. The lowest BCUT2D eigenvalue weighted by Crippen LogP contribution is -2.46. The van der Waals surface area contributed by atoms with E-state index in [4.69, 9.17) is 0 Å². The summed E-state index contributed by atoms with van der Waals surface area (Å²) < 4.78 is 1.81. The van der Waals surface area contributed by atoms with Crippen molar-refractivity contribution in [2.24, 2.45) is 0 Å². The quantitative estimate of drug-likeness (QED) is 0.852. The van der Waals surface area contributed by atoms with Crippen molar-refractivity contribution in [3.8, 4) is 5.69 Å². The van der Waals surface area contributed by atoms with Crippen molar-refractivity contribution < 1.29 is 4.79 Å². The van der Waals surface area contributed by atoms with Crippen LogP contribution in [0.25, 0.3) is 5.69 Å². The van der Waals surface area contributed by atoms with Crippen LogP contribution in [-0.4, -0.2) is 59.9 Å². The van der Waals surface area contributed by atoms with Gasteiger partial charge in [-0.3, -0.25) is 9.69 Å². The van der Waals surface area contributed by atoms with Crippen molar-refractivity contribution >= 4 is 18.3 Å². The number of benzene rings is 1. The summed E-state index contributed by atoms with van der Waals surface area (Å²) in [6.07, 6.45) is 3.78. The Morgan fingerprint density at radius 2 is 1.96 bits per heavy atom. The van der Waals surface area contributed by atoms with Crippen LogP contribution < -0.4 is 10.6 Å². The summed E-state index contributed by atoms with van der Waals surface area (Å²) in [5.74, 6) is -0.0247. The maximum absolute atomic E-state index is 12.2. The van der Waals surface area contributed by atoms with Crippen LogP contribution in [0.2, 0.25) is 0 Å². The number of rotatable bonds is 5. The van der Waals surface area contributed by atoms with Gasteiger partial charge in [0.2, 0.25) is 0 Å². The van der Waals surface area contributed by atoms with Gasteiger partial charge in [-0.15, -0.1) is 12.4 Å². The minimum Gasteiger partial charge on any atom is -0.351 e. The van der Waals surface area contributed by atoms with Crippen LogP contribution in [0.3, 0.4) is 0 Å². The third-order valence-electron chi connectivity index (χ3n) is 4.03. The summed E-state index contributed by atoms with van der Waals surface area (Å²) in [6, 6.07) is 7.51. The predicted molar refractivity (Wildman–Crippen MR) is 97.2 cm³/mol. The molecule has 0 spiro atoms. The third kappa shape index (κ3) is 4.80. The lowest BCUT2D eigenvalue weighted by atomic mass is 10.2. The molecule has 0 atom stereocenters. The number of carbonyl (C=O) groups is 1. The van der Waals surface area contributed by atoms with E-state index in [2.05, 4.69) is 20.6 Å². The topological polar surface area (TPSA) is 62.2 Å². The van der Waals surface area contributed by atoms with Crippen molar-refractivity contribution in [1.82, 2.24) is 25.3 Å². The maximum Gasteiger partial charge on any atom is 0.251 e. The molecule has 130 valence electrons. The van der Waals surface area contributed by atoms with Crippen molar-refractivity contribution in [2.45, 2.75) is 6.92 Å². The van der Waals surface area contributed by atoms with Gasteiger partial charge in [0.05, 0.1) is 11.9 Å². The zero-order valence-electron chi connectivity index (χ0n) is 13.9. The molecule has 0 unspecified atom stereocenters. The number of aromatic nitrogens is 2. The van der Waals surface area contributed by atoms with E-state index >= 15 is 0 Å². The van der Waals surface area contributed by atoms with Crippen LogP contribution in [0.5, 0.6) is 0 Å². The average Bonchev–Trinajstić information content (AvgIpc) is 3.02. The normalized spacial score (nSPS) is 14.9. The molecule has 0 saturated carbocycles. The van der Waals surface area contributed by atoms with Gasteiger partial charge in [0.15, 0.2) is 0 Å². The molecule has 0 aliphatic carbocycles. The number of nitrogens with zero attached hydrogens (tertiary/aromatic N) is 3. The largest absolute Gasteiger partial charge is 0.351 e. The molecule has 7 heteroatoms. The van der Waals surface area contributed by atoms with Crippen LogP contribution in [0.4, 0.5) is 0 Å². The van der Waals surface area contributed by atoms with Crippen molar-refractivity contribution in [3.63, 3.8) is 0 Å². The maximum atomic E-state index is 12.2. The van der Waals surface area contributed by atoms with E-state index < -0.39 is 0 Å². The Hall–Kier alpha value is -1.89. The fourth-order valence-corrected chi connectivity index (χ4v) is 2.68. The summed E-state index contributed by atoms with van der Waals surface area (Å²) in [7, 11) is 0. The number of nitrogens with one attached hydrogen (secondary N) is 2. The fourth-order valence-electron chi connectivity index (χ4n) is 2.68. The second-order valence-electron chi connectivity index (χ2n) is 5.86. The van der Waals surface area contributed by atoms with Crippen LogP contribution in [0, 0.1) is 6.92 Å². The molecule has 2 heterocycles. The third-order valence-corrected chi connectivity index (χ3v) is 4.03. The number of hydrogen-bond donors (Lipinski definition) is 2. The number of piperazine rings is 1. The molecule has 0 radical (unpaired) electrons. The highest BCUT2D eigenvalue weighted by Gasteiger charge is 2.10. The van der Waals surface area contributed by atoms with Gasteiger partial charge < -0.3 is 10.6 Å². The van der Waals surface area contributed by atoms with Crippen molar-refractivity contribution in [2.75, 3.05) is 39.3 Å². The van der Waals surface area contributed by atoms with Gasteiger partial charge in [-0.25, -0.2) is 4.68 Å². The molecule has 2 N–H and O–H groups in total. The Kier molecular flexibility index (Phi) is 6.78. The SMILES string of the molecule is Cc1cnn(-c2ccc(C(=O)NCCN3CCNCC3)cc2)c1.Cl. The second-order valence-corrected chi connectivity index (χ2v) is 5.86. The number of halogens is 1. The molecule has 3 rings (SSSR count). The molecule has 6 nitrogen and oxygen atoms in total. The Morgan fingerprint density at radius 3 is 2.58 bits per heavy atom. The summed E-state index contributed by atoms with van der Waals surface area (Å²) in [4.78, 5) is 14.5. The van der Waals surface area contributed by atoms with Gasteiger partial charge in [0.25, 0.3) is 5.91 Å². The molecule has 24 heavy (non-hydrogen) atoms. The molecule has 1 aliphatic rings. The second kappa shape index (κ2) is 8.82. The van der Waals surface area contributed by atoms with Gasteiger partial charge in [-0.2, -0.15) is 5.10 Å². The molecule has 1 saturated heterocycles. The summed E-state index contributed by atoms with van der Waals surface area (Å²) in [6.45, 7) is 7.74. The van der Waals surface area contributed by atoms with Gasteiger partial charge >= 0.3 is 0 Å². The number of aryl methyl sites for hydroxylation is 1. The van der Waals surface area contributed by atoms with E-state index in [0.29, 0.717) is 12.1 Å². The summed E-state index contributed by atoms with van der Waals surface area (Å²) in [5.41, 5.74) is 2.74. The van der Waals surface area contributed by atoms with E-state index in [-0.39, 0.29) is 18.3 Å². The smallest absolute Gasteiger partial charge is 0.251 e. The predicted octanol–water partition coefficient (Wildman–Crippen LogP) is 1.24. The van der Waals surface area contributed by atoms with Crippen LogP contribution in [-0.2, 0) is 0 Å². The first-order valence-electron chi connectivity index (χ1n) is 8.05. The molecule has 0 bridgehead atoms. The van der Waals surface area contributed by atoms with E-state index in [1.54, 1.807) is 4.68 Å². The summed E-state index contributed by atoms with van der Waals surface area (Å²) >= 11 is 0. The van der Waals surface area contributed by atoms with Crippen LogP contribution in [0.1, 0.15) is 15.9 Å². The number of amides is 1.